The molecule has 2 N–H and O–H groups in total. The molecule has 0 unspecified atom stereocenters. The van der Waals surface area contributed by atoms with Crippen molar-refractivity contribution in [2.24, 2.45) is 0 Å². The molecule has 1 aromatic heterocycles. The number of amides is 1. The van der Waals surface area contributed by atoms with Crippen molar-refractivity contribution in [2.45, 2.75) is 0 Å². The fourth-order valence-electron chi connectivity index (χ4n) is 1.24. The number of hydrogen-bond donors (Lipinski definition) is 2. The lowest BCUT2D eigenvalue weighted by molar-refractivity contribution is -0.118. The SMILES string of the molecule is O=C(COc1ccc(Br)cc1Cl)Nc1ncc[nH]1. The summed E-state index contributed by atoms with van der Waals surface area (Å²) in [6, 6.07) is 5.17. The monoisotopic (exact) mass is 329 g/mol. The van der Waals surface area contributed by atoms with Crippen LogP contribution in [0.25, 0.3) is 0 Å². The summed E-state index contributed by atoms with van der Waals surface area (Å²) in [6.07, 6.45) is 3.16. The van der Waals surface area contributed by atoms with Crippen LogP contribution >= 0.6 is 27.5 Å². The van der Waals surface area contributed by atoms with E-state index in [4.69, 9.17) is 16.3 Å². The van der Waals surface area contributed by atoms with E-state index in [1.165, 1.54) is 0 Å². The molecular formula is C11H9BrClN3O2. The number of aromatic amines is 1. The van der Waals surface area contributed by atoms with Crippen molar-refractivity contribution in [3.63, 3.8) is 0 Å². The number of anilines is 1. The molecule has 1 heterocycles. The molecule has 94 valence electrons. The Morgan fingerprint density at radius 3 is 3.06 bits per heavy atom. The maximum atomic E-state index is 11.5. The average molecular weight is 331 g/mol. The van der Waals surface area contributed by atoms with Crippen LogP contribution in [0.2, 0.25) is 5.02 Å². The zero-order valence-electron chi connectivity index (χ0n) is 9.11. The summed E-state index contributed by atoms with van der Waals surface area (Å²) in [5, 5.41) is 2.98. The third-order valence-corrected chi connectivity index (χ3v) is 2.80. The smallest absolute Gasteiger partial charge is 0.264 e. The number of imidazole rings is 1. The van der Waals surface area contributed by atoms with Gasteiger partial charge in [0.25, 0.3) is 5.91 Å². The Morgan fingerprint density at radius 1 is 1.56 bits per heavy atom. The molecular weight excluding hydrogens is 321 g/mol. The van der Waals surface area contributed by atoms with Gasteiger partial charge in [0, 0.05) is 16.9 Å². The van der Waals surface area contributed by atoms with Crippen molar-refractivity contribution in [1.82, 2.24) is 9.97 Å². The van der Waals surface area contributed by atoms with E-state index in [1.807, 2.05) is 0 Å². The number of nitrogens with zero attached hydrogens (tertiary/aromatic N) is 1. The Balaban J connectivity index is 1.89. The van der Waals surface area contributed by atoms with Gasteiger partial charge in [0.2, 0.25) is 5.95 Å². The van der Waals surface area contributed by atoms with Crippen molar-refractivity contribution in [2.75, 3.05) is 11.9 Å². The van der Waals surface area contributed by atoms with Crippen LogP contribution in [0.3, 0.4) is 0 Å². The molecule has 0 fully saturated rings. The van der Waals surface area contributed by atoms with Crippen LogP contribution in [0.5, 0.6) is 5.75 Å². The minimum Gasteiger partial charge on any atom is -0.482 e. The molecule has 0 saturated carbocycles. The fourth-order valence-corrected chi connectivity index (χ4v) is 1.97. The first-order valence-electron chi connectivity index (χ1n) is 5.02. The topological polar surface area (TPSA) is 67.0 Å². The molecule has 0 aliphatic rings. The highest BCUT2D eigenvalue weighted by molar-refractivity contribution is 9.10. The lowest BCUT2D eigenvalue weighted by atomic mass is 10.3. The van der Waals surface area contributed by atoms with Gasteiger partial charge in [0.15, 0.2) is 6.61 Å². The molecule has 7 heteroatoms. The van der Waals surface area contributed by atoms with Crippen LogP contribution in [0.1, 0.15) is 0 Å². The molecule has 0 aliphatic carbocycles. The van der Waals surface area contributed by atoms with Crippen LogP contribution in [-0.4, -0.2) is 22.5 Å². The molecule has 1 amide bonds. The lowest BCUT2D eigenvalue weighted by Crippen LogP contribution is -2.20. The van der Waals surface area contributed by atoms with Gasteiger partial charge in [-0.2, -0.15) is 0 Å². The van der Waals surface area contributed by atoms with Crippen LogP contribution in [0.4, 0.5) is 5.95 Å². The van der Waals surface area contributed by atoms with E-state index >= 15 is 0 Å². The predicted octanol–water partition coefficient (Wildman–Crippen LogP) is 2.84. The Bertz CT molecular complexity index is 545. The van der Waals surface area contributed by atoms with Gasteiger partial charge in [-0.15, -0.1) is 0 Å². The second-order valence-electron chi connectivity index (χ2n) is 3.35. The minimum atomic E-state index is -0.316. The zero-order valence-corrected chi connectivity index (χ0v) is 11.5. The van der Waals surface area contributed by atoms with Gasteiger partial charge in [0.1, 0.15) is 5.75 Å². The first-order valence-corrected chi connectivity index (χ1v) is 6.19. The van der Waals surface area contributed by atoms with Crippen LogP contribution < -0.4 is 10.1 Å². The Hall–Kier alpha value is -1.53. The first-order chi connectivity index (χ1) is 8.65. The van der Waals surface area contributed by atoms with Gasteiger partial charge in [-0.05, 0) is 18.2 Å². The highest BCUT2D eigenvalue weighted by Crippen LogP contribution is 2.27. The number of benzene rings is 1. The summed E-state index contributed by atoms with van der Waals surface area (Å²) in [6.45, 7) is -0.137. The Labute approximate surface area is 117 Å². The number of halogens is 2. The van der Waals surface area contributed by atoms with Gasteiger partial charge >= 0.3 is 0 Å². The summed E-state index contributed by atoms with van der Waals surface area (Å²) in [4.78, 5) is 18.1. The zero-order chi connectivity index (χ0) is 13.0. The average Bonchev–Trinajstić information content (AvgIpc) is 2.80. The van der Waals surface area contributed by atoms with E-state index in [0.29, 0.717) is 16.7 Å². The molecule has 2 rings (SSSR count). The molecule has 0 aliphatic heterocycles. The van der Waals surface area contributed by atoms with E-state index in [9.17, 15) is 4.79 Å². The first kappa shape index (κ1) is 12.9. The molecule has 0 saturated heterocycles. The second kappa shape index (κ2) is 5.88. The third kappa shape index (κ3) is 3.48. The number of nitrogens with one attached hydrogen (secondary N) is 2. The summed E-state index contributed by atoms with van der Waals surface area (Å²) in [5.74, 6) is 0.518. The number of ether oxygens (including phenoxy) is 1. The van der Waals surface area contributed by atoms with E-state index in [0.717, 1.165) is 4.47 Å². The Morgan fingerprint density at radius 2 is 2.39 bits per heavy atom. The van der Waals surface area contributed by atoms with Gasteiger partial charge in [-0.25, -0.2) is 4.98 Å². The quantitative estimate of drug-likeness (QED) is 0.906. The van der Waals surface area contributed by atoms with Crippen molar-refractivity contribution in [1.29, 1.82) is 0 Å². The molecule has 2 aromatic rings. The molecule has 0 atom stereocenters. The number of H-pyrrole nitrogens is 1. The van der Waals surface area contributed by atoms with Crippen molar-refractivity contribution in [3.8, 4) is 5.75 Å². The van der Waals surface area contributed by atoms with Gasteiger partial charge in [-0.3, -0.25) is 10.1 Å². The minimum absolute atomic E-state index is 0.137. The van der Waals surface area contributed by atoms with Crippen LogP contribution in [-0.2, 0) is 4.79 Å². The highest BCUT2D eigenvalue weighted by atomic mass is 79.9. The van der Waals surface area contributed by atoms with E-state index < -0.39 is 0 Å². The highest BCUT2D eigenvalue weighted by Gasteiger charge is 2.07. The van der Waals surface area contributed by atoms with Crippen molar-refractivity contribution in [3.05, 3.63) is 40.1 Å². The molecule has 1 aromatic carbocycles. The van der Waals surface area contributed by atoms with Crippen LogP contribution in [0.15, 0.2) is 35.1 Å². The van der Waals surface area contributed by atoms with E-state index in [1.54, 1.807) is 30.6 Å². The molecule has 0 bridgehead atoms. The fraction of sp³-hybridized carbons (Fsp3) is 0.0909. The Kier molecular flexibility index (Phi) is 4.22. The molecule has 0 radical (unpaired) electrons. The number of rotatable bonds is 4. The normalized spacial score (nSPS) is 10.1. The van der Waals surface area contributed by atoms with Gasteiger partial charge in [0.05, 0.1) is 5.02 Å². The summed E-state index contributed by atoms with van der Waals surface area (Å²) in [7, 11) is 0. The maximum absolute atomic E-state index is 11.5. The lowest BCUT2D eigenvalue weighted by Gasteiger charge is -2.07. The molecule has 0 spiro atoms. The number of carbonyl (C=O) groups excluding carboxylic acids is 1. The summed E-state index contributed by atoms with van der Waals surface area (Å²) in [5.41, 5.74) is 0. The number of hydrogen-bond acceptors (Lipinski definition) is 3. The standard InChI is InChI=1S/C11H9BrClN3O2/c12-7-1-2-9(8(13)5-7)18-6-10(17)16-11-14-3-4-15-11/h1-5H,6H2,(H2,14,15,16,17). The van der Waals surface area contributed by atoms with E-state index in [-0.39, 0.29) is 12.5 Å². The van der Waals surface area contributed by atoms with Gasteiger partial charge in [-0.1, -0.05) is 27.5 Å². The number of aromatic nitrogens is 2. The third-order valence-electron chi connectivity index (χ3n) is 2.01. The van der Waals surface area contributed by atoms with Crippen molar-refractivity contribution < 1.29 is 9.53 Å². The summed E-state index contributed by atoms with van der Waals surface area (Å²) < 4.78 is 6.14. The molecule has 18 heavy (non-hydrogen) atoms. The largest absolute Gasteiger partial charge is 0.482 e. The second-order valence-corrected chi connectivity index (χ2v) is 4.67. The van der Waals surface area contributed by atoms with Gasteiger partial charge < -0.3 is 9.72 Å². The van der Waals surface area contributed by atoms with Crippen molar-refractivity contribution >= 4 is 39.4 Å². The predicted molar refractivity (Wildman–Crippen MR) is 71.9 cm³/mol. The molecule has 5 nitrogen and oxygen atoms in total. The van der Waals surface area contributed by atoms with E-state index in [2.05, 4.69) is 31.2 Å². The summed E-state index contributed by atoms with van der Waals surface area (Å²) >= 11 is 9.23. The maximum Gasteiger partial charge on any atom is 0.264 e. The number of carbonyl (C=O) groups is 1. The van der Waals surface area contributed by atoms with Crippen LogP contribution in [0, 0.1) is 0 Å².